The van der Waals surface area contributed by atoms with Gasteiger partial charge in [0.1, 0.15) is 0 Å². The molecule has 1 saturated heterocycles. The van der Waals surface area contributed by atoms with E-state index in [0.29, 0.717) is 16.6 Å². The number of carbonyl (C=O) groups is 1. The van der Waals surface area contributed by atoms with Gasteiger partial charge in [-0.2, -0.15) is 0 Å². The molecular weight excluding hydrogens is 357 g/mol. The molecule has 1 fully saturated rings. The zero-order valence-electron chi connectivity index (χ0n) is 14.1. The molecule has 1 aliphatic heterocycles. The predicted octanol–water partition coefficient (Wildman–Crippen LogP) is 5.19. The fourth-order valence-electron chi connectivity index (χ4n) is 3.50. The number of carboxylic acid groups (broad SMARTS) is 1. The van der Waals surface area contributed by atoms with E-state index in [4.69, 9.17) is 23.2 Å². The third-order valence-corrected chi connectivity index (χ3v) is 5.38. The maximum absolute atomic E-state index is 11.5. The summed E-state index contributed by atoms with van der Waals surface area (Å²) >= 11 is 12.6. The Morgan fingerprint density at radius 1 is 1.20 bits per heavy atom. The first-order valence-electron chi connectivity index (χ1n) is 8.44. The molecule has 3 nitrogen and oxygen atoms in total. The lowest BCUT2D eigenvalue weighted by molar-refractivity contribution is -0.143. The van der Waals surface area contributed by atoms with Crippen molar-refractivity contribution in [2.75, 3.05) is 13.1 Å². The highest BCUT2D eigenvalue weighted by Gasteiger charge is 2.32. The van der Waals surface area contributed by atoms with Crippen LogP contribution in [0.5, 0.6) is 0 Å². The van der Waals surface area contributed by atoms with Crippen LogP contribution in [0.15, 0.2) is 42.5 Å². The molecule has 0 aromatic heterocycles. The van der Waals surface area contributed by atoms with Crippen molar-refractivity contribution in [2.24, 2.45) is 5.92 Å². The molecule has 0 radical (unpaired) electrons. The van der Waals surface area contributed by atoms with Crippen LogP contribution in [0.2, 0.25) is 10.0 Å². The van der Waals surface area contributed by atoms with Gasteiger partial charge >= 0.3 is 5.97 Å². The quantitative estimate of drug-likeness (QED) is 0.796. The Bertz CT molecular complexity index is 761. The van der Waals surface area contributed by atoms with E-state index in [-0.39, 0.29) is 12.0 Å². The van der Waals surface area contributed by atoms with E-state index in [1.54, 1.807) is 6.07 Å². The average Bonchev–Trinajstić information content (AvgIpc) is 2.59. The predicted molar refractivity (Wildman–Crippen MR) is 101 cm³/mol. The number of piperidine rings is 1. The maximum atomic E-state index is 11.5. The summed E-state index contributed by atoms with van der Waals surface area (Å²) in [5.41, 5.74) is 3.26. The Balaban J connectivity index is 2.02. The number of nitrogens with zero attached hydrogens (tertiary/aromatic N) is 1. The van der Waals surface area contributed by atoms with Crippen LogP contribution in [0.4, 0.5) is 0 Å². The molecule has 1 aliphatic rings. The van der Waals surface area contributed by atoms with Crippen molar-refractivity contribution in [3.05, 3.63) is 69.2 Å². The molecule has 0 saturated carbocycles. The first-order valence-corrected chi connectivity index (χ1v) is 9.19. The third-order valence-electron chi connectivity index (χ3n) is 4.82. The van der Waals surface area contributed by atoms with Crippen molar-refractivity contribution in [3.63, 3.8) is 0 Å². The first kappa shape index (κ1) is 18.2. The van der Waals surface area contributed by atoms with Crippen molar-refractivity contribution in [3.8, 4) is 0 Å². The second-order valence-electron chi connectivity index (χ2n) is 6.65. The van der Waals surface area contributed by atoms with E-state index >= 15 is 0 Å². The van der Waals surface area contributed by atoms with Crippen molar-refractivity contribution in [1.29, 1.82) is 0 Å². The minimum atomic E-state index is -0.727. The SMILES string of the molecule is Cc1ccc(C(c2ccc(Cl)cc2Cl)N2CCCC(C(=O)O)C2)cc1. The maximum Gasteiger partial charge on any atom is 0.307 e. The standard InChI is InChI=1S/C20H21Cl2NO2/c1-13-4-6-14(7-5-13)19(17-9-8-16(21)11-18(17)22)23-10-2-3-15(12-23)20(24)25/h4-9,11,15,19H,2-3,10,12H2,1H3,(H,24,25). The highest BCUT2D eigenvalue weighted by atomic mass is 35.5. The second kappa shape index (κ2) is 7.77. The molecule has 132 valence electrons. The number of carboxylic acids is 1. The van der Waals surface area contributed by atoms with E-state index in [1.807, 2.05) is 12.1 Å². The first-order chi connectivity index (χ1) is 12.0. The molecule has 2 atom stereocenters. The number of likely N-dealkylation sites (tertiary alicyclic amines) is 1. The summed E-state index contributed by atoms with van der Waals surface area (Å²) in [6.07, 6.45) is 1.59. The lowest BCUT2D eigenvalue weighted by atomic mass is 9.91. The van der Waals surface area contributed by atoms with E-state index in [2.05, 4.69) is 36.1 Å². The fraction of sp³-hybridized carbons (Fsp3) is 0.350. The van der Waals surface area contributed by atoms with Crippen molar-refractivity contribution in [2.45, 2.75) is 25.8 Å². The van der Waals surface area contributed by atoms with Gasteiger partial charge in [-0.25, -0.2) is 0 Å². The Hall–Kier alpha value is -1.55. The summed E-state index contributed by atoms with van der Waals surface area (Å²) in [5.74, 6) is -1.07. The van der Waals surface area contributed by atoms with Gasteiger partial charge in [0.25, 0.3) is 0 Å². The van der Waals surface area contributed by atoms with E-state index in [1.165, 1.54) is 5.56 Å². The van der Waals surface area contributed by atoms with Crippen LogP contribution in [0.3, 0.4) is 0 Å². The van der Waals surface area contributed by atoms with Crippen molar-refractivity contribution >= 4 is 29.2 Å². The molecule has 5 heteroatoms. The van der Waals surface area contributed by atoms with E-state index in [9.17, 15) is 9.90 Å². The molecule has 2 aromatic carbocycles. The van der Waals surface area contributed by atoms with Gasteiger partial charge in [0.05, 0.1) is 12.0 Å². The molecule has 25 heavy (non-hydrogen) atoms. The molecule has 0 spiro atoms. The zero-order chi connectivity index (χ0) is 18.0. The summed E-state index contributed by atoms with van der Waals surface area (Å²) in [5, 5.41) is 10.6. The normalized spacial score (nSPS) is 19.6. The molecule has 1 N–H and O–H groups in total. The Morgan fingerprint density at radius 3 is 2.56 bits per heavy atom. The largest absolute Gasteiger partial charge is 0.481 e. The van der Waals surface area contributed by atoms with Crippen LogP contribution in [0.1, 0.15) is 35.6 Å². The number of rotatable bonds is 4. The fourth-order valence-corrected chi connectivity index (χ4v) is 4.01. The Kier molecular flexibility index (Phi) is 5.67. The van der Waals surface area contributed by atoms with E-state index in [0.717, 1.165) is 30.5 Å². The number of aryl methyl sites for hydroxylation is 1. The molecule has 2 unspecified atom stereocenters. The molecule has 0 amide bonds. The van der Waals surface area contributed by atoms with Crippen LogP contribution in [0, 0.1) is 12.8 Å². The lowest BCUT2D eigenvalue weighted by Gasteiger charge is -2.38. The minimum absolute atomic E-state index is 0.0764. The van der Waals surface area contributed by atoms with Gasteiger partial charge in [0, 0.05) is 16.6 Å². The van der Waals surface area contributed by atoms with Crippen LogP contribution in [-0.2, 0) is 4.79 Å². The van der Waals surface area contributed by atoms with Gasteiger partial charge in [0.2, 0.25) is 0 Å². The number of halogens is 2. The van der Waals surface area contributed by atoms with Crippen LogP contribution in [-0.4, -0.2) is 29.1 Å². The molecular formula is C20H21Cl2NO2. The minimum Gasteiger partial charge on any atom is -0.481 e. The van der Waals surface area contributed by atoms with Gasteiger partial charge in [-0.05, 0) is 49.6 Å². The zero-order valence-corrected chi connectivity index (χ0v) is 15.6. The molecule has 0 bridgehead atoms. The summed E-state index contributed by atoms with van der Waals surface area (Å²) in [4.78, 5) is 13.7. The smallest absolute Gasteiger partial charge is 0.307 e. The Labute approximate surface area is 158 Å². The third kappa shape index (κ3) is 4.17. The molecule has 3 rings (SSSR count). The number of benzene rings is 2. The van der Waals surface area contributed by atoms with Gasteiger partial charge in [-0.1, -0.05) is 59.1 Å². The second-order valence-corrected chi connectivity index (χ2v) is 7.50. The molecule has 1 heterocycles. The monoisotopic (exact) mass is 377 g/mol. The summed E-state index contributed by atoms with van der Waals surface area (Å²) < 4.78 is 0. The van der Waals surface area contributed by atoms with Crippen molar-refractivity contribution < 1.29 is 9.90 Å². The number of hydrogen-bond donors (Lipinski definition) is 1. The van der Waals surface area contributed by atoms with Crippen LogP contribution < -0.4 is 0 Å². The Morgan fingerprint density at radius 2 is 1.92 bits per heavy atom. The topological polar surface area (TPSA) is 40.5 Å². The van der Waals surface area contributed by atoms with Crippen LogP contribution >= 0.6 is 23.2 Å². The lowest BCUT2D eigenvalue weighted by Crippen LogP contribution is -2.41. The highest BCUT2D eigenvalue weighted by molar-refractivity contribution is 6.35. The molecule has 0 aliphatic carbocycles. The summed E-state index contributed by atoms with van der Waals surface area (Å²) in [6.45, 7) is 3.42. The summed E-state index contributed by atoms with van der Waals surface area (Å²) in [6, 6.07) is 13.8. The van der Waals surface area contributed by atoms with E-state index < -0.39 is 5.97 Å². The van der Waals surface area contributed by atoms with Gasteiger partial charge in [-0.3, -0.25) is 9.69 Å². The highest BCUT2D eigenvalue weighted by Crippen LogP contribution is 2.37. The summed E-state index contributed by atoms with van der Waals surface area (Å²) in [7, 11) is 0. The number of hydrogen-bond acceptors (Lipinski definition) is 2. The average molecular weight is 378 g/mol. The van der Waals surface area contributed by atoms with Crippen molar-refractivity contribution in [1.82, 2.24) is 4.90 Å². The van der Waals surface area contributed by atoms with Crippen LogP contribution in [0.25, 0.3) is 0 Å². The van der Waals surface area contributed by atoms with Gasteiger partial charge in [0.15, 0.2) is 0 Å². The number of aliphatic carboxylic acids is 1. The van der Waals surface area contributed by atoms with Gasteiger partial charge < -0.3 is 5.11 Å². The molecule has 2 aromatic rings. The van der Waals surface area contributed by atoms with Gasteiger partial charge in [-0.15, -0.1) is 0 Å².